The molecular weight excluding hydrogens is 342 g/mol. The lowest BCUT2D eigenvalue weighted by atomic mass is 9.96. The number of rotatable bonds is 7. The summed E-state index contributed by atoms with van der Waals surface area (Å²) in [6, 6.07) is 10.4. The van der Waals surface area contributed by atoms with Gasteiger partial charge in [0.15, 0.2) is 0 Å². The fourth-order valence-corrected chi connectivity index (χ4v) is 4.43. The average Bonchev–Trinajstić information content (AvgIpc) is 3.11. The van der Waals surface area contributed by atoms with Gasteiger partial charge in [-0.25, -0.2) is 4.98 Å². The smallest absolute Gasteiger partial charge is 0.232 e. The van der Waals surface area contributed by atoms with Gasteiger partial charge < -0.3 is 9.47 Å². The lowest BCUT2D eigenvalue weighted by molar-refractivity contribution is -0.129. The van der Waals surface area contributed by atoms with Crippen LogP contribution in [0.3, 0.4) is 0 Å². The molecule has 2 aromatic rings. The fraction of sp³-hybridized carbons (Fsp3) is 0.524. The van der Waals surface area contributed by atoms with E-state index in [0.717, 1.165) is 38.2 Å². The molecule has 3 rings (SSSR count). The maximum Gasteiger partial charge on any atom is 0.232 e. The first-order valence-corrected chi connectivity index (χ1v) is 10.7. The molecule has 0 bridgehead atoms. The molecule has 26 heavy (non-hydrogen) atoms. The van der Waals surface area contributed by atoms with Crippen LogP contribution in [0.2, 0.25) is 0 Å². The van der Waals surface area contributed by atoms with Crippen LogP contribution in [0.15, 0.2) is 42.7 Å². The van der Waals surface area contributed by atoms with Crippen LogP contribution in [0.1, 0.15) is 44.0 Å². The Hall–Kier alpha value is -1.75. The van der Waals surface area contributed by atoms with Crippen LogP contribution in [0.25, 0.3) is 0 Å². The molecule has 1 aromatic carbocycles. The van der Waals surface area contributed by atoms with E-state index in [4.69, 9.17) is 0 Å². The highest BCUT2D eigenvalue weighted by atomic mass is 32.2. The number of amides is 1. The van der Waals surface area contributed by atoms with Gasteiger partial charge in [-0.05, 0) is 24.3 Å². The van der Waals surface area contributed by atoms with Crippen LogP contribution in [-0.2, 0) is 17.1 Å². The van der Waals surface area contributed by atoms with Crippen LogP contribution in [-0.4, -0.2) is 39.2 Å². The van der Waals surface area contributed by atoms with E-state index >= 15 is 0 Å². The van der Waals surface area contributed by atoms with Gasteiger partial charge in [0, 0.05) is 43.7 Å². The van der Waals surface area contributed by atoms with Crippen LogP contribution in [0.5, 0.6) is 0 Å². The van der Waals surface area contributed by atoms with E-state index in [9.17, 15) is 4.79 Å². The molecule has 140 valence electrons. The number of carbonyl (C=O) groups excluding carboxylic acids is 1. The highest BCUT2D eigenvalue weighted by Crippen LogP contribution is 2.22. The molecule has 1 aromatic heterocycles. The summed E-state index contributed by atoms with van der Waals surface area (Å²) in [7, 11) is 0. The van der Waals surface area contributed by atoms with Crippen LogP contribution >= 0.6 is 11.8 Å². The van der Waals surface area contributed by atoms with Gasteiger partial charge in [-0.3, -0.25) is 4.79 Å². The molecule has 1 fully saturated rings. The van der Waals surface area contributed by atoms with Crippen molar-refractivity contribution in [2.24, 2.45) is 5.92 Å². The van der Waals surface area contributed by atoms with Gasteiger partial charge in [0.1, 0.15) is 5.82 Å². The quantitative estimate of drug-likeness (QED) is 0.733. The maximum atomic E-state index is 12.4. The molecular formula is C21H29N3OS. The topological polar surface area (TPSA) is 38.1 Å². The largest absolute Gasteiger partial charge is 0.342 e. The predicted molar refractivity (Wildman–Crippen MR) is 108 cm³/mol. The number of aromatic nitrogens is 2. The SMILES string of the molecule is CC(C)c1nccn1CC1CCN(C(=O)CSCc2ccccc2)CC1. The Kier molecular flexibility index (Phi) is 6.78. The number of benzene rings is 1. The molecule has 0 radical (unpaired) electrons. The van der Waals surface area contributed by atoms with Crippen molar-refractivity contribution in [3.8, 4) is 0 Å². The Labute approximate surface area is 161 Å². The molecule has 0 aliphatic carbocycles. The van der Waals surface area contributed by atoms with Crippen molar-refractivity contribution in [3.05, 3.63) is 54.1 Å². The second-order valence-electron chi connectivity index (χ2n) is 7.40. The number of carbonyl (C=O) groups is 1. The minimum atomic E-state index is 0.287. The lowest BCUT2D eigenvalue weighted by Crippen LogP contribution is -2.40. The van der Waals surface area contributed by atoms with Crippen molar-refractivity contribution in [1.82, 2.24) is 14.5 Å². The normalized spacial score (nSPS) is 15.6. The standard InChI is InChI=1S/C21H29N3OS/c1-17(2)21-22-10-13-24(21)14-18-8-11-23(12-9-18)20(25)16-26-15-19-6-4-3-5-7-19/h3-7,10,13,17-18H,8-9,11-12,14-16H2,1-2H3. The van der Waals surface area contributed by atoms with Gasteiger partial charge in [-0.1, -0.05) is 44.2 Å². The summed E-state index contributed by atoms with van der Waals surface area (Å²) >= 11 is 1.71. The van der Waals surface area contributed by atoms with Crippen molar-refractivity contribution in [2.45, 2.75) is 44.9 Å². The fourth-order valence-electron chi connectivity index (χ4n) is 3.54. The molecule has 2 heterocycles. The van der Waals surface area contributed by atoms with E-state index in [2.05, 4.69) is 41.7 Å². The van der Waals surface area contributed by atoms with Gasteiger partial charge in [0.25, 0.3) is 0 Å². The van der Waals surface area contributed by atoms with Crippen LogP contribution < -0.4 is 0 Å². The van der Waals surface area contributed by atoms with Crippen molar-refractivity contribution in [3.63, 3.8) is 0 Å². The van der Waals surface area contributed by atoms with Gasteiger partial charge in [-0.15, -0.1) is 11.8 Å². The van der Waals surface area contributed by atoms with Gasteiger partial charge in [0.05, 0.1) is 5.75 Å². The lowest BCUT2D eigenvalue weighted by Gasteiger charge is -2.32. The summed E-state index contributed by atoms with van der Waals surface area (Å²) in [5, 5.41) is 0. The third kappa shape index (κ3) is 5.13. The Bertz CT molecular complexity index is 690. The first kappa shape index (κ1) is 19.0. The molecule has 1 amide bonds. The monoisotopic (exact) mass is 371 g/mol. The molecule has 5 heteroatoms. The number of imidazole rings is 1. The zero-order valence-electron chi connectivity index (χ0n) is 15.8. The zero-order chi connectivity index (χ0) is 18.4. The summed E-state index contributed by atoms with van der Waals surface area (Å²) in [5.74, 6) is 4.03. The molecule has 0 unspecified atom stereocenters. The van der Waals surface area contributed by atoms with Crippen molar-refractivity contribution in [2.75, 3.05) is 18.8 Å². The molecule has 1 saturated heterocycles. The Balaban J connectivity index is 1.40. The number of thioether (sulfide) groups is 1. The zero-order valence-corrected chi connectivity index (χ0v) is 16.6. The Morgan fingerprint density at radius 3 is 2.65 bits per heavy atom. The van der Waals surface area contributed by atoms with Crippen molar-refractivity contribution < 1.29 is 4.79 Å². The summed E-state index contributed by atoms with van der Waals surface area (Å²) in [6.45, 7) is 7.18. The molecule has 1 aliphatic heterocycles. The summed E-state index contributed by atoms with van der Waals surface area (Å²) in [5.41, 5.74) is 1.28. The number of hydrogen-bond acceptors (Lipinski definition) is 3. The van der Waals surface area contributed by atoms with Crippen molar-refractivity contribution >= 4 is 17.7 Å². The van der Waals surface area contributed by atoms with E-state index < -0.39 is 0 Å². The van der Waals surface area contributed by atoms with Crippen molar-refractivity contribution in [1.29, 1.82) is 0 Å². The minimum Gasteiger partial charge on any atom is -0.342 e. The first-order valence-electron chi connectivity index (χ1n) is 9.54. The maximum absolute atomic E-state index is 12.4. The van der Waals surface area contributed by atoms with E-state index in [1.165, 1.54) is 11.4 Å². The summed E-state index contributed by atoms with van der Waals surface area (Å²) in [6.07, 6.45) is 6.17. The Morgan fingerprint density at radius 2 is 1.96 bits per heavy atom. The first-order chi connectivity index (χ1) is 12.6. The average molecular weight is 372 g/mol. The van der Waals surface area contributed by atoms with Gasteiger partial charge >= 0.3 is 0 Å². The predicted octanol–water partition coefficient (Wildman–Crippen LogP) is 4.18. The molecule has 4 nitrogen and oxygen atoms in total. The molecule has 1 aliphatic rings. The van der Waals surface area contributed by atoms with E-state index in [1.807, 2.05) is 29.3 Å². The highest BCUT2D eigenvalue weighted by Gasteiger charge is 2.23. The van der Waals surface area contributed by atoms with Crippen LogP contribution in [0, 0.1) is 5.92 Å². The van der Waals surface area contributed by atoms with Gasteiger partial charge in [0.2, 0.25) is 5.91 Å². The third-order valence-electron chi connectivity index (χ3n) is 5.02. The van der Waals surface area contributed by atoms with E-state index in [0.29, 0.717) is 17.6 Å². The molecule has 0 N–H and O–H groups in total. The minimum absolute atomic E-state index is 0.287. The second kappa shape index (κ2) is 9.26. The number of nitrogens with zero attached hydrogens (tertiary/aromatic N) is 3. The van der Waals surface area contributed by atoms with Crippen LogP contribution in [0.4, 0.5) is 0 Å². The second-order valence-corrected chi connectivity index (χ2v) is 8.38. The van der Waals surface area contributed by atoms with E-state index in [1.54, 1.807) is 11.8 Å². The third-order valence-corrected chi connectivity index (χ3v) is 6.01. The van der Waals surface area contributed by atoms with Gasteiger partial charge in [-0.2, -0.15) is 0 Å². The highest BCUT2D eigenvalue weighted by molar-refractivity contribution is 7.99. The molecule has 0 atom stereocenters. The number of piperidine rings is 1. The number of hydrogen-bond donors (Lipinski definition) is 0. The number of likely N-dealkylation sites (tertiary alicyclic amines) is 1. The molecule has 0 saturated carbocycles. The van der Waals surface area contributed by atoms with E-state index in [-0.39, 0.29) is 5.91 Å². The molecule has 0 spiro atoms. The Morgan fingerprint density at radius 1 is 1.23 bits per heavy atom. The summed E-state index contributed by atoms with van der Waals surface area (Å²) < 4.78 is 2.29. The summed E-state index contributed by atoms with van der Waals surface area (Å²) in [4.78, 5) is 19.0.